The normalized spacial score (nSPS) is 10.9. The van der Waals surface area contributed by atoms with Crippen LogP contribution in [0.5, 0.6) is 0 Å². The van der Waals surface area contributed by atoms with Crippen LogP contribution in [0.3, 0.4) is 0 Å². The van der Waals surface area contributed by atoms with Gasteiger partial charge in [0, 0.05) is 10.0 Å². The third-order valence-electron chi connectivity index (χ3n) is 2.25. The molecule has 2 rings (SSSR count). The Morgan fingerprint density at radius 3 is 1.38 bits per heavy atom. The van der Waals surface area contributed by atoms with Crippen molar-refractivity contribution in [2.75, 3.05) is 0 Å². The van der Waals surface area contributed by atoms with Crippen LogP contribution in [0.4, 0.5) is 0 Å². The lowest BCUT2D eigenvalue weighted by Crippen LogP contribution is -1.75. The predicted octanol–water partition coefficient (Wildman–Crippen LogP) is 5.16. The van der Waals surface area contributed by atoms with Crippen LogP contribution in [0.15, 0.2) is 48.5 Å². The first kappa shape index (κ1) is 11.3. The highest BCUT2D eigenvalue weighted by molar-refractivity contribution is 6.33. The molecule has 0 amide bonds. The van der Waals surface area contributed by atoms with Gasteiger partial charge in [0.15, 0.2) is 0 Å². The van der Waals surface area contributed by atoms with Crippen molar-refractivity contribution in [2.45, 2.75) is 0 Å². The van der Waals surface area contributed by atoms with Crippen LogP contribution in [0.2, 0.25) is 10.0 Å². The smallest absolute Gasteiger partial charge is 0.0478 e. The van der Waals surface area contributed by atoms with Crippen molar-refractivity contribution in [1.82, 2.24) is 0 Å². The minimum atomic E-state index is 0.741. The summed E-state index contributed by atoms with van der Waals surface area (Å²) in [5.74, 6) is 0. The third-order valence-corrected chi connectivity index (χ3v) is 2.94. The highest BCUT2D eigenvalue weighted by Gasteiger charge is 1.95. The SMILES string of the molecule is Clc1ccccc1C=Cc1ccccc1Cl. The van der Waals surface area contributed by atoms with Gasteiger partial charge in [-0.25, -0.2) is 0 Å². The molecule has 0 fully saturated rings. The van der Waals surface area contributed by atoms with Gasteiger partial charge in [0.25, 0.3) is 0 Å². The summed E-state index contributed by atoms with van der Waals surface area (Å²) >= 11 is 12.1. The quantitative estimate of drug-likeness (QED) is 0.644. The summed E-state index contributed by atoms with van der Waals surface area (Å²) in [7, 11) is 0. The second-order valence-corrected chi connectivity index (χ2v) is 4.19. The van der Waals surface area contributed by atoms with E-state index in [1.807, 2.05) is 60.7 Å². The largest absolute Gasteiger partial charge is 0.0837 e. The van der Waals surface area contributed by atoms with Crippen molar-refractivity contribution in [2.24, 2.45) is 0 Å². The van der Waals surface area contributed by atoms with Gasteiger partial charge in [0.05, 0.1) is 0 Å². The second kappa shape index (κ2) is 5.20. The molecule has 0 radical (unpaired) electrons. The summed E-state index contributed by atoms with van der Waals surface area (Å²) < 4.78 is 0. The van der Waals surface area contributed by atoms with Gasteiger partial charge in [-0.1, -0.05) is 71.8 Å². The number of halogens is 2. The fourth-order valence-electron chi connectivity index (χ4n) is 1.40. The summed E-state index contributed by atoms with van der Waals surface area (Å²) in [5.41, 5.74) is 1.98. The minimum absolute atomic E-state index is 0.741. The van der Waals surface area contributed by atoms with E-state index in [1.54, 1.807) is 0 Å². The summed E-state index contributed by atoms with van der Waals surface area (Å²) in [6, 6.07) is 15.4. The third kappa shape index (κ3) is 2.66. The topological polar surface area (TPSA) is 0 Å². The maximum atomic E-state index is 6.05. The number of benzene rings is 2. The van der Waals surface area contributed by atoms with E-state index in [1.165, 1.54) is 0 Å². The Hall–Kier alpha value is -1.24. The second-order valence-electron chi connectivity index (χ2n) is 3.38. The zero-order chi connectivity index (χ0) is 11.4. The van der Waals surface area contributed by atoms with Crippen LogP contribution in [-0.4, -0.2) is 0 Å². The maximum absolute atomic E-state index is 6.05. The molecule has 2 heteroatoms. The molecule has 16 heavy (non-hydrogen) atoms. The summed E-state index contributed by atoms with van der Waals surface area (Å²) in [4.78, 5) is 0. The van der Waals surface area contributed by atoms with Crippen molar-refractivity contribution < 1.29 is 0 Å². The highest BCUT2D eigenvalue weighted by Crippen LogP contribution is 2.21. The molecule has 0 spiro atoms. The van der Waals surface area contributed by atoms with E-state index < -0.39 is 0 Å². The van der Waals surface area contributed by atoms with Gasteiger partial charge in [-0.3, -0.25) is 0 Å². The van der Waals surface area contributed by atoms with E-state index in [0.29, 0.717) is 0 Å². The van der Waals surface area contributed by atoms with Gasteiger partial charge in [-0.05, 0) is 23.3 Å². The van der Waals surface area contributed by atoms with Crippen molar-refractivity contribution >= 4 is 35.4 Å². The summed E-state index contributed by atoms with van der Waals surface area (Å²) in [6.07, 6.45) is 3.92. The molecule has 0 nitrogen and oxygen atoms in total. The molecule has 0 aliphatic rings. The molecule has 80 valence electrons. The van der Waals surface area contributed by atoms with Crippen LogP contribution in [0, 0.1) is 0 Å². The fraction of sp³-hybridized carbons (Fsp3) is 0. The minimum Gasteiger partial charge on any atom is -0.0837 e. The molecule has 0 unspecified atom stereocenters. The van der Waals surface area contributed by atoms with Crippen molar-refractivity contribution in [3.8, 4) is 0 Å². The van der Waals surface area contributed by atoms with Crippen LogP contribution < -0.4 is 0 Å². The van der Waals surface area contributed by atoms with Crippen LogP contribution in [0.1, 0.15) is 11.1 Å². The summed E-state index contributed by atoms with van der Waals surface area (Å²) in [5, 5.41) is 1.48. The Balaban J connectivity index is 2.29. The molecular weight excluding hydrogens is 239 g/mol. The van der Waals surface area contributed by atoms with Crippen molar-refractivity contribution in [1.29, 1.82) is 0 Å². The van der Waals surface area contributed by atoms with E-state index in [-0.39, 0.29) is 0 Å². The molecule has 0 aliphatic heterocycles. The first-order valence-electron chi connectivity index (χ1n) is 4.94. The van der Waals surface area contributed by atoms with E-state index >= 15 is 0 Å². The molecule has 0 aliphatic carbocycles. The average molecular weight is 249 g/mol. The maximum Gasteiger partial charge on any atom is 0.0478 e. The lowest BCUT2D eigenvalue weighted by atomic mass is 10.1. The Morgan fingerprint density at radius 2 is 1.00 bits per heavy atom. The lowest BCUT2D eigenvalue weighted by Gasteiger charge is -1.98. The highest BCUT2D eigenvalue weighted by atomic mass is 35.5. The average Bonchev–Trinajstić information content (AvgIpc) is 2.30. The van der Waals surface area contributed by atoms with Crippen LogP contribution >= 0.6 is 23.2 Å². The van der Waals surface area contributed by atoms with Gasteiger partial charge in [0.1, 0.15) is 0 Å². The molecule has 0 saturated carbocycles. The molecule has 0 aromatic heterocycles. The van der Waals surface area contributed by atoms with Gasteiger partial charge in [-0.15, -0.1) is 0 Å². The first-order chi connectivity index (χ1) is 7.77. The summed E-state index contributed by atoms with van der Waals surface area (Å²) in [6.45, 7) is 0. The predicted molar refractivity (Wildman–Crippen MR) is 71.8 cm³/mol. The number of rotatable bonds is 2. The van der Waals surface area contributed by atoms with Gasteiger partial charge < -0.3 is 0 Å². The Kier molecular flexibility index (Phi) is 3.66. The zero-order valence-electron chi connectivity index (χ0n) is 8.53. The van der Waals surface area contributed by atoms with Crippen LogP contribution in [0.25, 0.3) is 12.2 Å². The molecule has 0 saturated heterocycles. The number of hydrogen-bond donors (Lipinski definition) is 0. The van der Waals surface area contributed by atoms with E-state index in [9.17, 15) is 0 Å². The molecule has 0 heterocycles. The molecule has 0 atom stereocenters. The van der Waals surface area contributed by atoms with E-state index in [4.69, 9.17) is 23.2 Å². The monoisotopic (exact) mass is 248 g/mol. The van der Waals surface area contributed by atoms with Gasteiger partial charge in [-0.2, -0.15) is 0 Å². The Bertz CT molecular complexity index is 468. The van der Waals surface area contributed by atoms with E-state index in [2.05, 4.69) is 0 Å². The molecular formula is C14H10Cl2. The van der Waals surface area contributed by atoms with Gasteiger partial charge in [0.2, 0.25) is 0 Å². The van der Waals surface area contributed by atoms with Crippen LogP contribution in [-0.2, 0) is 0 Å². The fourth-order valence-corrected chi connectivity index (χ4v) is 1.80. The Morgan fingerprint density at radius 1 is 0.625 bits per heavy atom. The molecule has 2 aromatic rings. The molecule has 0 bridgehead atoms. The van der Waals surface area contributed by atoms with E-state index in [0.717, 1.165) is 21.2 Å². The molecule has 2 aromatic carbocycles. The molecule has 0 N–H and O–H groups in total. The standard InChI is InChI=1S/C14H10Cl2/c15-13-7-3-1-5-11(13)9-10-12-6-2-4-8-14(12)16/h1-10H. The lowest BCUT2D eigenvalue weighted by molar-refractivity contribution is 1.64. The zero-order valence-corrected chi connectivity index (χ0v) is 10.0. The van der Waals surface area contributed by atoms with Crippen molar-refractivity contribution in [3.63, 3.8) is 0 Å². The first-order valence-corrected chi connectivity index (χ1v) is 5.70. The number of hydrogen-bond acceptors (Lipinski definition) is 0. The Labute approximate surface area is 105 Å². The van der Waals surface area contributed by atoms with Crippen molar-refractivity contribution in [3.05, 3.63) is 69.7 Å². The van der Waals surface area contributed by atoms with Gasteiger partial charge >= 0.3 is 0 Å².